The van der Waals surface area contributed by atoms with Gasteiger partial charge in [-0.3, -0.25) is 9.59 Å². The van der Waals surface area contributed by atoms with Crippen molar-refractivity contribution in [1.82, 2.24) is 5.32 Å². The molecule has 2 atom stereocenters. The van der Waals surface area contributed by atoms with Gasteiger partial charge in [0.2, 0.25) is 11.8 Å². The van der Waals surface area contributed by atoms with Gasteiger partial charge in [0.25, 0.3) is 0 Å². The van der Waals surface area contributed by atoms with E-state index in [-0.39, 0.29) is 11.8 Å². The maximum absolute atomic E-state index is 12.5. The Bertz CT molecular complexity index is 665. The van der Waals surface area contributed by atoms with Gasteiger partial charge in [0.1, 0.15) is 11.5 Å². The highest BCUT2D eigenvalue weighted by Crippen LogP contribution is 2.30. The summed E-state index contributed by atoms with van der Waals surface area (Å²) in [6.07, 6.45) is 1.09. The number of carbonyl (C=O) groups excluding carboxylic acids is 2. The highest BCUT2D eigenvalue weighted by molar-refractivity contribution is 7.99. The van der Waals surface area contributed by atoms with Crippen molar-refractivity contribution in [3.8, 4) is 6.07 Å². The lowest BCUT2D eigenvalue weighted by Gasteiger charge is -2.23. The molecule has 0 bridgehead atoms. The molecule has 0 aromatic heterocycles. The van der Waals surface area contributed by atoms with Crippen LogP contribution in [-0.4, -0.2) is 35.4 Å². The Morgan fingerprint density at radius 2 is 2.17 bits per heavy atom. The molecule has 3 rings (SSSR count). The lowest BCUT2D eigenvalue weighted by molar-refractivity contribution is -0.132. The largest absolute Gasteiger partial charge is 0.336 e. The Morgan fingerprint density at radius 1 is 1.43 bits per heavy atom. The molecule has 1 aromatic rings. The maximum Gasteiger partial charge on any atom is 0.239 e. The predicted octanol–water partition coefficient (Wildman–Crippen LogP) is 2.21. The summed E-state index contributed by atoms with van der Waals surface area (Å²) in [5.41, 5.74) is -0.0865. The summed E-state index contributed by atoms with van der Waals surface area (Å²) in [4.78, 5) is 26.6. The van der Waals surface area contributed by atoms with Crippen LogP contribution in [0.15, 0.2) is 24.3 Å². The van der Waals surface area contributed by atoms with E-state index in [9.17, 15) is 14.9 Å². The molecule has 2 aliphatic heterocycles. The van der Waals surface area contributed by atoms with Gasteiger partial charge in [0.05, 0.1) is 6.07 Å². The zero-order chi connectivity index (χ0) is 16.4. The lowest BCUT2D eigenvalue weighted by atomic mass is 9.98. The van der Waals surface area contributed by atoms with Crippen LogP contribution in [0.25, 0.3) is 0 Å². The normalized spacial score (nSPS) is 27.0. The molecule has 2 fully saturated rings. The number of anilines is 1. The highest BCUT2D eigenvalue weighted by Gasteiger charge is 2.42. The average molecular weight is 350 g/mol. The topological polar surface area (TPSA) is 73.2 Å². The number of nitriles is 1. The molecule has 5 nitrogen and oxygen atoms in total. The third-order valence-corrected chi connectivity index (χ3v) is 5.70. The number of thioether (sulfide) groups is 1. The number of carbonyl (C=O) groups is 2. The number of nitrogens with one attached hydrogen (secondary N) is 1. The molecular formula is C16H16ClN3O2S. The number of benzene rings is 1. The fraction of sp³-hybridized carbons (Fsp3) is 0.438. The van der Waals surface area contributed by atoms with Gasteiger partial charge in [-0.05, 0) is 42.9 Å². The summed E-state index contributed by atoms with van der Waals surface area (Å²) in [6.45, 7) is 0.493. The standard InChI is InChI=1S/C16H16ClN3O2S/c17-11-1-3-12(4-2-11)20-7-5-13(15(20)22)14(21)19-16(9-18)6-8-23-10-16/h1-4,13H,5-8,10H2,(H,19,21). The second kappa shape index (κ2) is 6.42. The van der Waals surface area contributed by atoms with Crippen LogP contribution >= 0.6 is 23.4 Å². The average Bonchev–Trinajstić information content (AvgIpc) is 3.16. The SMILES string of the molecule is N#CC1(NC(=O)C2CCN(c3ccc(Cl)cc3)C2=O)CCSC1. The molecule has 23 heavy (non-hydrogen) atoms. The van der Waals surface area contributed by atoms with E-state index in [1.165, 1.54) is 0 Å². The molecule has 1 aromatic carbocycles. The summed E-state index contributed by atoms with van der Waals surface area (Å²) in [6, 6.07) is 9.18. The van der Waals surface area contributed by atoms with Gasteiger partial charge in [0, 0.05) is 23.0 Å². The van der Waals surface area contributed by atoms with Crippen LogP contribution < -0.4 is 10.2 Å². The molecule has 2 unspecified atom stereocenters. The first kappa shape index (κ1) is 16.2. The second-order valence-electron chi connectivity index (χ2n) is 5.79. The Morgan fingerprint density at radius 3 is 2.78 bits per heavy atom. The summed E-state index contributed by atoms with van der Waals surface area (Å²) >= 11 is 7.50. The second-order valence-corrected chi connectivity index (χ2v) is 7.33. The van der Waals surface area contributed by atoms with E-state index in [1.807, 2.05) is 0 Å². The zero-order valence-electron chi connectivity index (χ0n) is 12.4. The molecule has 0 saturated carbocycles. The highest BCUT2D eigenvalue weighted by atomic mass is 35.5. The number of rotatable bonds is 3. The number of halogens is 1. The smallest absolute Gasteiger partial charge is 0.239 e. The summed E-state index contributed by atoms with van der Waals surface area (Å²) in [7, 11) is 0. The van der Waals surface area contributed by atoms with Gasteiger partial charge in [-0.2, -0.15) is 17.0 Å². The minimum absolute atomic E-state index is 0.219. The molecule has 2 amide bonds. The summed E-state index contributed by atoms with van der Waals surface area (Å²) < 4.78 is 0. The zero-order valence-corrected chi connectivity index (χ0v) is 14.0. The van der Waals surface area contributed by atoms with Gasteiger partial charge >= 0.3 is 0 Å². The van der Waals surface area contributed by atoms with Crippen LogP contribution in [0.1, 0.15) is 12.8 Å². The number of amides is 2. The maximum atomic E-state index is 12.5. The fourth-order valence-electron chi connectivity index (χ4n) is 2.90. The van der Waals surface area contributed by atoms with Crippen LogP contribution in [0.4, 0.5) is 5.69 Å². The van der Waals surface area contributed by atoms with Crippen molar-refractivity contribution < 1.29 is 9.59 Å². The molecule has 0 radical (unpaired) electrons. The fourth-order valence-corrected chi connectivity index (χ4v) is 4.30. The van der Waals surface area contributed by atoms with Crippen LogP contribution in [0.2, 0.25) is 5.02 Å². The summed E-state index contributed by atoms with van der Waals surface area (Å²) in [5, 5.41) is 12.8. The van der Waals surface area contributed by atoms with Crippen LogP contribution in [0.3, 0.4) is 0 Å². The predicted molar refractivity (Wildman–Crippen MR) is 90.3 cm³/mol. The van der Waals surface area contributed by atoms with E-state index in [4.69, 9.17) is 11.6 Å². The molecule has 0 spiro atoms. The van der Waals surface area contributed by atoms with Gasteiger partial charge in [0.15, 0.2) is 0 Å². The van der Waals surface area contributed by atoms with Gasteiger partial charge in [-0.1, -0.05) is 11.6 Å². The van der Waals surface area contributed by atoms with Gasteiger partial charge in [-0.15, -0.1) is 0 Å². The number of nitrogens with zero attached hydrogens (tertiary/aromatic N) is 2. The van der Waals surface area contributed by atoms with Crippen molar-refractivity contribution in [1.29, 1.82) is 5.26 Å². The van der Waals surface area contributed by atoms with E-state index < -0.39 is 11.5 Å². The van der Waals surface area contributed by atoms with Crippen LogP contribution in [-0.2, 0) is 9.59 Å². The number of hydrogen-bond acceptors (Lipinski definition) is 4. The van der Waals surface area contributed by atoms with Crippen molar-refractivity contribution in [2.24, 2.45) is 5.92 Å². The van der Waals surface area contributed by atoms with Crippen molar-refractivity contribution in [2.45, 2.75) is 18.4 Å². The van der Waals surface area contributed by atoms with Crippen molar-refractivity contribution in [3.63, 3.8) is 0 Å². The third-order valence-electron chi connectivity index (χ3n) is 4.26. The third kappa shape index (κ3) is 3.17. The van der Waals surface area contributed by atoms with Crippen molar-refractivity contribution >= 4 is 40.9 Å². The first-order valence-electron chi connectivity index (χ1n) is 7.43. The molecule has 2 heterocycles. The van der Waals surface area contributed by atoms with E-state index >= 15 is 0 Å². The Labute approximate surface area is 144 Å². The molecule has 2 aliphatic rings. The monoisotopic (exact) mass is 349 g/mol. The first-order valence-corrected chi connectivity index (χ1v) is 8.96. The van der Waals surface area contributed by atoms with E-state index in [2.05, 4.69) is 11.4 Å². The summed E-state index contributed by atoms with van der Waals surface area (Å²) in [5.74, 6) is 0.154. The van der Waals surface area contributed by atoms with Crippen LogP contribution in [0, 0.1) is 17.2 Å². The van der Waals surface area contributed by atoms with Gasteiger partial charge < -0.3 is 10.2 Å². The number of hydrogen-bond donors (Lipinski definition) is 1. The van der Waals surface area contributed by atoms with Crippen molar-refractivity contribution in [3.05, 3.63) is 29.3 Å². The van der Waals surface area contributed by atoms with E-state index in [1.54, 1.807) is 40.9 Å². The van der Waals surface area contributed by atoms with Gasteiger partial charge in [-0.25, -0.2) is 0 Å². The van der Waals surface area contributed by atoms with E-state index in [0.29, 0.717) is 30.2 Å². The van der Waals surface area contributed by atoms with E-state index in [0.717, 1.165) is 11.4 Å². The van der Waals surface area contributed by atoms with Crippen LogP contribution in [0.5, 0.6) is 0 Å². The molecule has 1 N–H and O–H groups in total. The quantitative estimate of drug-likeness (QED) is 0.849. The van der Waals surface area contributed by atoms with Crippen molar-refractivity contribution in [2.75, 3.05) is 23.0 Å². The molecule has 0 aliphatic carbocycles. The Balaban J connectivity index is 1.70. The minimum atomic E-state index is -0.824. The molecule has 2 saturated heterocycles. The minimum Gasteiger partial charge on any atom is -0.336 e. The molecule has 120 valence electrons. The Hall–Kier alpha value is -1.71. The molecular weight excluding hydrogens is 334 g/mol. The Kier molecular flexibility index (Phi) is 4.51. The first-order chi connectivity index (χ1) is 11.0. The lowest BCUT2D eigenvalue weighted by Crippen LogP contribution is -2.50. The molecule has 7 heteroatoms.